The first kappa shape index (κ1) is 10.9. The predicted molar refractivity (Wildman–Crippen MR) is 60.6 cm³/mol. The maximum atomic E-state index is 11.9. The van der Waals surface area contributed by atoms with Crippen molar-refractivity contribution in [3.05, 3.63) is 0 Å². The number of amides is 1. The molecule has 2 N–H and O–H groups in total. The van der Waals surface area contributed by atoms with Crippen molar-refractivity contribution in [1.82, 2.24) is 10.6 Å². The largest absolute Gasteiger partial charge is 0.351 e. The molecule has 0 spiro atoms. The summed E-state index contributed by atoms with van der Waals surface area (Å²) in [6.07, 6.45) is 5.77. The van der Waals surface area contributed by atoms with Crippen molar-refractivity contribution in [2.75, 3.05) is 6.54 Å². The molecule has 1 amide bonds. The van der Waals surface area contributed by atoms with Gasteiger partial charge in [0.15, 0.2) is 0 Å². The predicted octanol–water partition coefficient (Wildman–Crippen LogP) is 1.43. The van der Waals surface area contributed by atoms with E-state index in [1.165, 1.54) is 19.3 Å². The Balaban J connectivity index is 1.79. The summed E-state index contributed by atoms with van der Waals surface area (Å²) in [6, 6.07) is 0.471. The molecule has 3 heteroatoms. The molecule has 1 saturated heterocycles. The highest BCUT2D eigenvalue weighted by molar-refractivity contribution is 5.82. The number of hydrogen-bond acceptors (Lipinski definition) is 2. The topological polar surface area (TPSA) is 41.1 Å². The van der Waals surface area contributed by atoms with Gasteiger partial charge in [-0.25, -0.2) is 0 Å². The Labute approximate surface area is 92.0 Å². The summed E-state index contributed by atoms with van der Waals surface area (Å²) < 4.78 is 0. The lowest BCUT2D eigenvalue weighted by Gasteiger charge is -2.16. The van der Waals surface area contributed by atoms with Gasteiger partial charge in [0.1, 0.15) is 0 Å². The summed E-state index contributed by atoms with van der Waals surface area (Å²) >= 11 is 0. The van der Waals surface area contributed by atoms with Gasteiger partial charge in [0.05, 0.1) is 6.04 Å². The molecule has 2 aliphatic rings. The number of carbonyl (C=O) groups is 1. The molecule has 2 fully saturated rings. The molecule has 2 atom stereocenters. The smallest absolute Gasteiger partial charge is 0.237 e. The fourth-order valence-corrected chi connectivity index (χ4v) is 2.24. The van der Waals surface area contributed by atoms with Gasteiger partial charge in [0.25, 0.3) is 0 Å². The molecule has 2 rings (SSSR count). The third-order valence-electron chi connectivity index (χ3n) is 3.71. The van der Waals surface area contributed by atoms with Gasteiger partial charge in [-0.05, 0) is 31.2 Å². The van der Waals surface area contributed by atoms with Gasteiger partial charge in [0.2, 0.25) is 5.91 Å². The fourth-order valence-electron chi connectivity index (χ4n) is 2.24. The quantitative estimate of drug-likeness (QED) is 0.724. The van der Waals surface area contributed by atoms with Crippen LogP contribution in [0.5, 0.6) is 0 Å². The molecule has 86 valence electrons. The normalized spacial score (nSPS) is 34.3. The molecule has 2 unspecified atom stereocenters. The minimum atomic E-state index is 0.0592. The maximum absolute atomic E-state index is 11.9. The third kappa shape index (κ3) is 2.71. The summed E-state index contributed by atoms with van der Waals surface area (Å²) in [7, 11) is 0. The van der Waals surface area contributed by atoms with E-state index in [9.17, 15) is 4.79 Å². The maximum Gasteiger partial charge on any atom is 0.237 e. The molecule has 0 radical (unpaired) electrons. The van der Waals surface area contributed by atoms with E-state index in [2.05, 4.69) is 24.5 Å². The summed E-state index contributed by atoms with van der Waals surface area (Å²) in [5, 5.41) is 6.47. The zero-order valence-electron chi connectivity index (χ0n) is 9.81. The van der Waals surface area contributed by atoms with E-state index < -0.39 is 0 Å². The number of carbonyl (C=O) groups excluding carboxylic acids is 1. The molecule has 1 saturated carbocycles. The van der Waals surface area contributed by atoms with E-state index in [0.29, 0.717) is 11.5 Å². The van der Waals surface area contributed by atoms with Crippen molar-refractivity contribution >= 4 is 5.91 Å². The number of hydrogen-bond donors (Lipinski definition) is 2. The van der Waals surface area contributed by atoms with Crippen LogP contribution in [0.3, 0.4) is 0 Å². The van der Waals surface area contributed by atoms with Crippen LogP contribution in [0.2, 0.25) is 0 Å². The Morgan fingerprint density at radius 3 is 2.73 bits per heavy atom. The Bertz CT molecular complexity index is 242. The van der Waals surface area contributed by atoms with Crippen LogP contribution in [0.15, 0.2) is 0 Å². The summed E-state index contributed by atoms with van der Waals surface area (Å²) in [5.41, 5.74) is 0.334. The monoisotopic (exact) mass is 210 g/mol. The lowest BCUT2D eigenvalue weighted by atomic mass is 10.1. The Kier molecular flexibility index (Phi) is 3.01. The zero-order valence-corrected chi connectivity index (χ0v) is 9.81. The highest BCUT2D eigenvalue weighted by Crippen LogP contribution is 2.44. The van der Waals surface area contributed by atoms with Gasteiger partial charge in [0, 0.05) is 6.04 Å². The average molecular weight is 210 g/mol. The molecule has 0 bridgehead atoms. The minimum absolute atomic E-state index is 0.0592. The molecular weight excluding hydrogens is 188 g/mol. The molecule has 1 heterocycles. The third-order valence-corrected chi connectivity index (χ3v) is 3.71. The first-order valence-corrected chi connectivity index (χ1v) is 6.13. The van der Waals surface area contributed by atoms with Gasteiger partial charge in [-0.1, -0.05) is 26.7 Å². The second-order valence-corrected chi connectivity index (χ2v) is 5.61. The van der Waals surface area contributed by atoms with E-state index >= 15 is 0 Å². The van der Waals surface area contributed by atoms with Gasteiger partial charge in [-0.3, -0.25) is 4.79 Å². The lowest BCUT2D eigenvalue weighted by molar-refractivity contribution is -0.123. The SMILES string of the molecule is CC1(C)CC1NC(=O)C1CCCCCN1. The molecule has 0 aromatic carbocycles. The first-order valence-electron chi connectivity index (χ1n) is 6.13. The zero-order chi connectivity index (χ0) is 10.9. The number of rotatable bonds is 2. The molecular formula is C12H22N2O. The average Bonchev–Trinajstić information content (AvgIpc) is 2.84. The summed E-state index contributed by atoms with van der Waals surface area (Å²) in [6.45, 7) is 5.41. The molecule has 0 aromatic rings. The van der Waals surface area contributed by atoms with Crippen molar-refractivity contribution in [3.8, 4) is 0 Å². The Morgan fingerprint density at radius 1 is 1.33 bits per heavy atom. The van der Waals surface area contributed by atoms with Crippen LogP contribution in [-0.2, 0) is 4.79 Å². The molecule has 1 aliphatic heterocycles. The molecule has 1 aliphatic carbocycles. The van der Waals surface area contributed by atoms with Crippen LogP contribution in [0.25, 0.3) is 0 Å². The fraction of sp³-hybridized carbons (Fsp3) is 0.917. The van der Waals surface area contributed by atoms with Crippen LogP contribution in [0, 0.1) is 5.41 Å². The van der Waals surface area contributed by atoms with E-state index in [0.717, 1.165) is 19.4 Å². The van der Waals surface area contributed by atoms with E-state index in [4.69, 9.17) is 0 Å². The van der Waals surface area contributed by atoms with Crippen molar-refractivity contribution in [2.24, 2.45) is 5.41 Å². The van der Waals surface area contributed by atoms with E-state index in [1.54, 1.807) is 0 Å². The van der Waals surface area contributed by atoms with Crippen molar-refractivity contribution in [3.63, 3.8) is 0 Å². The summed E-state index contributed by atoms with van der Waals surface area (Å²) in [5.74, 6) is 0.215. The minimum Gasteiger partial charge on any atom is -0.351 e. The first-order chi connectivity index (χ1) is 7.09. The highest BCUT2D eigenvalue weighted by atomic mass is 16.2. The van der Waals surface area contributed by atoms with E-state index in [-0.39, 0.29) is 11.9 Å². The van der Waals surface area contributed by atoms with Crippen molar-refractivity contribution < 1.29 is 4.79 Å². The Hall–Kier alpha value is -0.570. The molecule has 3 nitrogen and oxygen atoms in total. The second kappa shape index (κ2) is 4.12. The highest BCUT2D eigenvalue weighted by Gasteiger charge is 2.47. The van der Waals surface area contributed by atoms with Gasteiger partial charge < -0.3 is 10.6 Å². The van der Waals surface area contributed by atoms with Crippen LogP contribution in [-0.4, -0.2) is 24.5 Å². The van der Waals surface area contributed by atoms with Gasteiger partial charge >= 0.3 is 0 Å². The van der Waals surface area contributed by atoms with Crippen LogP contribution in [0.4, 0.5) is 0 Å². The Morgan fingerprint density at radius 2 is 2.07 bits per heavy atom. The van der Waals surface area contributed by atoms with Gasteiger partial charge in [-0.15, -0.1) is 0 Å². The van der Waals surface area contributed by atoms with Crippen molar-refractivity contribution in [2.45, 2.75) is 58.0 Å². The van der Waals surface area contributed by atoms with Crippen molar-refractivity contribution in [1.29, 1.82) is 0 Å². The standard InChI is InChI=1S/C12H22N2O/c1-12(2)8-10(12)14-11(15)9-6-4-3-5-7-13-9/h9-10,13H,3-8H2,1-2H3,(H,14,15). The van der Waals surface area contributed by atoms with Gasteiger partial charge in [-0.2, -0.15) is 0 Å². The van der Waals surface area contributed by atoms with Crippen LogP contribution < -0.4 is 10.6 Å². The lowest BCUT2D eigenvalue weighted by Crippen LogP contribution is -2.45. The van der Waals surface area contributed by atoms with E-state index in [1.807, 2.05) is 0 Å². The molecule has 0 aromatic heterocycles. The van der Waals surface area contributed by atoms with Crippen LogP contribution in [0.1, 0.15) is 46.0 Å². The molecule has 15 heavy (non-hydrogen) atoms. The summed E-state index contributed by atoms with van der Waals surface area (Å²) in [4.78, 5) is 11.9. The van der Waals surface area contributed by atoms with Crippen LogP contribution >= 0.6 is 0 Å². The number of nitrogens with one attached hydrogen (secondary N) is 2. The second-order valence-electron chi connectivity index (χ2n) is 5.61.